The van der Waals surface area contributed by atoms with Crippen molar-refractivity contribution in [2.24, 2.45) is 0 Å². The Hall–Kier alpha value is -3.45. The number of ether oxygens (including phenoxy) is 2. The van der Waals surface area contributed by atoms with Crippen LogP contribution in [-0.4, -0.2) is 77.8 Å². The predicted molar refractivity (Wildman–Crippen MR) is 147 cm³/mol. The van der Waals surface area contributed by atoms with Gasteiger partial charge in [-0.3, -0.25) is 4.90 Å². The fourth-order valence-electron chi connectivity index (χ4n) is 7.23. The maximum Gasteiger partial charge on any atom is 0.573 e. The van der Waals surface area contributed by atoms with E-state index in [0.29, 0.717) is 37.3 Å². The lowest BCUT2D eigenvalue weighted by atomic mass is 9.95. The number of hydrogen-bond acceptors (Lipinski definition) is 8. The molecule has 3 aromatic rings. The molecular weight excluding hydrogens is 559 g/mol. The summed E-state index contributed by atoms with van der Waals surface area (Å²) in [4.78, 5) is 13.3. The summed E-state index contributed by atoms with van der Waals surface area (Å²) >= 11 is 0. The van der Waals surface area contributed by atoms with Gasteiger partial charge in [0.1, 0.15) is 29.9 Å². The molecule has 4 fully saturated rings. The molecule has 42 heavy (non-hydrogen) atoms. The Kier molecular flexibility index (Phi) is 6.57. The van der Waals surface area contributed by atoms with E-state index in [1.54, 1.807) is 6.07 Å². The van der Waals surface area contributed by atoms with Gasteiger partial charge in [0.15, 0.2) is 5.82 Å². The third-order valence-corrected chi connectivity index (χ3v) is 9.03. The summed E-state index contributed by atoms with van der Waals surface area (Å²) < 4.78 is 80.6. The zero-order chi connectivity index (χ0) is 29.2. The zero-order valence-electron chi connectivity index (χ0n) is 22.8. The first kappa shape index (κ1) is 27.4. The average Bonchev–Trinajstić information content (AvgIpc) is 3.58. The van der Waals surface area contributed by atoms with Gasteiger partial charge in [-0.15, -0.1) is 13.2 Å². The van der Waals surface area contributed by atoms with E-state index >= 15 is 4.39 Å². The standard InChI is InChI=1S/C29H31F5N6O2/c30-16-11-28(8-1-9-40(28)12-16)15-41-27-37-25-21(26(38-27)39-13-18-3-4-19(14-39)36-18)6-5-20(24(25)31)22-10-17(35)2-7-23(22)42-29(32,33)34/h2,5-7,10,16,18-19,36H,1,3-4,8-9,11-15,35H2/t16-,18-,19+,28+/m1/s1. The predicted octanol–water partition coefficient (Wildman–Crippen LogP) is 4.81. The molecule has 4 aliphatic heterocycles. The molecule has 0 spiro atoms. The third-order valence-electron chi connectivity index (χ3n) is 9.03. The summed E-state index contributed by atoms with van der Waals surface area (Å²) in [6.45, 7) is 2.62. The van der Waals surface area contributed by atoms with Gasteiger partial charge in [-0.2, -0.15) is 9.97 Å². The number of benzene rings is 2. The Bertz CT molecular complexity index is 1510. The number of alkyl halides is 4. The molecule has 2 bridgehead atoms. The molecule has 0 unspecified atom stereocenters. The van der Waals surface area contributed by atoms with Crippen molar-refractivity contribution in [2.75, 3.05) is 43.4 Å². The van der Waals surface area contributed by atoms with Crippen LogP contribution in [0.3, 0.4) is 0 Å². The summed E-state index contributed by atoms with van der Waals surface area (Å²) in [7, 11) is 0. The molecule has 0 aliphatic carbocycles. The highest BCUT2D eigenvalue weighted by Gasteiger charge is 2.49. The summed E-state index contributed by atoms with van der Waals surface area (Å²) in [5.74, 6) is -0.933. The highest BCUT2D eigenvalue weighted by atomic mass is 19.4. The summed E-state index contributed by atoms with van der Waals surface area (Å²) in [5.41, 5.74) is 5.16. The number of rotatable bonds is 6. The monoisotopic (exact) mass is 590 g/mol. The Labute approximate surface area is 239 Å². The van der Waals surface area contributed by atoms with Gasteiger partial charge in [-0.1, -0.05) is 6.07 Å². The van der Waals surface area contributed by atoms with E-state index in [0.717, 1.165) is 38.3 Å². The summed E-state index contributed by atoms with van der Waals surface area (Å²) in [5, 5.41) is 3.98. The molecule has 0 saturated carbocycles. The van der Waals surface area contributed by atoms with Crippen LogP contribution >= 0.6 is 0 Å². The number of nitrogens with two attached hydrogens (primary N) is 1. The van der Waals surface area contributed by atoms with Gasteiger partial charge in [0.05, 0.1) is 5.54 Å². The number of fused-ring (bicyclic) bond motifs is 4. The second-order valence-corrected chi connectivity index (χ2v) is 11.9. The van der Waals surface area contributed by atoms with E-state index in [4.69, 9.17) is 15.5 Å². The van der Waals surface area contributed by atoms with Gasteiger partial charge >= 0.3 is 12.4 Å². The lowest BCUT2D eigenvalue weighted by Gasteiger charge is -2.34. The second-order valence-electron chi connectivity index (χ2n) is 11.9. The number of nitrogen functional groups attached to an aromatic ring is 1. The first-order chi connectivity index (χ1) is 20.1. The first-order valence-electron chi connectivity index (χ1n) is 14.3. The molecule has 4 atom stereocenters. The van der Waals surface area contributed by atoms with Crippen LogP contribution in [-0.2, 0) is 0 Å². The fourth-order valence-corrected chi connectivity index (χ4v) is 7.23. The highest BCUT2D eigenvalue weighted by molar-refractivity contribution is 5.94. The normalized spacial score (nSPS) is 27.5. The molecule has 0 amide bonds. The van der Waals surface area contributed by atoms with Crippen LogP contribution in [0.2, 0.25) is 0 Å². The van der Waals surface area contributed by atoms with Gasteiger partial charge in [-0.05, 0) is 56.5 Å². The van der Waals surface area contributed by atoms with Gasteiger partial charge in [-0.25, -0.2) is 8.78 Å². The molecule has 4 saturated heterocycles. The third kappa shape index (κ3) is 4.96. The van der Waals surface area contributed by atoms with Crippen molar-refractivity contribution in [3.63, 3.8) is 0 Å². The van der Waals surface area contributed by atoms with Crippen LogP contribution in [0.25, 0.3) is 22.0 Å². The van der Waals surface area contributed by atoms with Crippen molar-refractivity contribution in [3.8, 4) is 22.9 Å². The van der Waals surface area contributed by atoms with E-state index in [9.17, 15) is 17.6 Å². The van der Waals surface area contributed by atoms with E-state index in [1.165, 1.54) is 18.2 Å². The van der Waals surface area contributed by atoms with Crippen LogP contribution in [0.4, 0.5) is 33.5 Å². The molecule has 4 aliphatic rings. The van der Waals surface area contributed by atoms with E-state index in [-0.39, 0.29) is 47.0 Å². The molecule has 1 aromatic heterocycles. The SMILES string of the molecule is Nc1ccc(OC(F)(F)F)c(-c2ccc3c(N4C[C@H]5CC[C@@H](C4)N5)nc(OC[C@@]45CCCN4C[C@H](F)C5)nc3c2F)c1. The number of aromatic nitrogens is 2. The van der Waals surface area contributed by atoms with E-state index in [1.807, 2.05) is 0 Å². The first-order valence-corrected chi connectivity index (χ1v) is 14.3. The van der Waals surface area contributed by atoms with Crippen molar-refractivity contribution < 1.29 is 31.4 Å². The van der Waals surface area contributed by atoms with Crippen molar-refractivity contribution in [1.29, 1.82) is 0 Å². The van der Waals surface area contributed by atoms with Gasteiger partial charge in [0.25, 0.3) is 0 Å². The quantitative estimate of drug-likeness (QED) is 0.313. The van der Waals surface area contributed by atoms with Gasteiger partial charge < -0.3 is 25.4 Å². The Balaban J connectivity index is 1.32. The average molecular weight is 591 g/mol. The Morgan fingerprint density at radius 1 is 1.05 bits per heavy atom. The zero-order valence-corrected chi connectivity index (χ0v) is 22.8. The largest absolute Gasteiger partial charge is 0.573 e. The molecule has 13 heteroatoms. The molecular formula is C29H31F5N6O2. The minimum absolute atomic E-state index is 0.0534. The molecule has 8 nitrogen and oxygen atoms in total. The van der Waals surface area contributed by atoms with Crippen LogP contribution in [0, 0.1) is 5.82 Å². The maximum atomic E-state index is 16.4. The lowest BCUT2D eigenvalue weighted by molar-refractivity contribution is -0.274. The van der Waals surface area contributed by atoms with Gasteiger partial charge in [0, 0.05) is 60.3 Å². The highest BCUT2D eigenvalue weighted by Crippen LogP contribution is 2.42. The molecule has 224 valence electrons. The van der Waals surface area contributed by atoms with Crippen LogP contribution in [0.5, 0.6) is 11.8 Å². The molecule has 2 aromatic carbocycles. The fraction of sp³-hybridized carbons (Fsp3) is 0.517. The topological polar surface area (TPSA) is 88.8 Å². The molecule has 5 heterocycles. The maximum absolute atomic E-state index is 16.4. The smallest absolute Gasteiger partial charge is 0.461 e. The van der Waals surface area contributed by atoms with E-state index < -0.39 is 29.6 Å². The molecule has 7 rings (SSSR count). The van der Waals surface area contributed by atoms with Crippen molar-refractivity contribution in [1.82, 2.24) is 20.2 Å². The van der Waals surface area contributed by atoms with E-state index in [2.05, 4.69) is 24.8 Å². The number of nitrogens with one attached hydrogen (secondary N) is 1. The Morgan fingerprint density at radius 2 is 1.83 bits per heavy atom. The summed E-state index contributed by atoms with van der Waals surface area (Å²) in [6.07, 6.45) is -1.81. The lowest BCUT2D eigenvalue weighted by Crippen LogP contribution is -2.51. The minimum atomic E-state index is -4.98. The summed E-state index contributed by atoms with van der Waals surface area (Å²) in [6, 6.07) is 7.04. The van der Waals surface area contributed by atoms with Crippen LogP contribution in [0.15, 0.2) is 30.3 Å². The number of piperazine rings is 1. The number of nitrogens with zero attached hydrogens (tertiary/aromatic N) is 4. The number of halogens is 5. The Morgan fingerprint density at radius 3 is 2.60 bits per heavy atom. The second kappa shape index (κ2) is 10.1. The van der Waals surface area contributed by atoms with Crippen molar-refractivity contribution in [2.45, 2.75) is 62.3 Å². The van der Waals surface area contributed by atoms with Crippen LogP contribution < -0.4 is 25.4 Å². The molecule has 0 radical (unpaired) electrons. The van der Waals surface area contributed by atoms with Crippen molar-refractivity contribution in [3.05, 3.63) is 36.1 Å². The van der Waals surface area contributed by atoms with Gasteiger partial charge in [0.2, 0.25) is 0 Å². The number of hydrogen-bond donors (Lipinski definition) is 2. The van der Waals surface area contributed by atoms with Crippen molar-refractivity contribution >= 4 is 22.4 Å². The number of anilines is 2. The molecule has 3 N–H and O–H groups in total. The van der Waals surface area contributed by atoms with Crippen LogP contribution in [0.1, 0.15) is 32.1 Å². The minimum Gasteiger partial charge on any atom is -0.461 e.